The van der Waals surface area contributed by atoms with E-state index >= 15 is 0 Å². The van der Waals surface area contributed by atoms with Crippen molar-refractivity contribution in [1.82, 2.24) is 0 Å². The minimum absolute atomic E-state index is 0. The molecule has 36 heavy (non-hydrogen) atoms. The third-order valence-corrected chi connectivity index (χ3v) is 19.4. The van der Waals surface area contributed by atoms with Crippen LogP contribution in [-0.4, -0.2) is 25.7 Å². The molecule has 0 aliphatic rings. The summed E-state index contributed by atoms with van der Waals surface area (Å²) in [7, 11) is -1.49. The Balaban J connectivity index is -0.000000238. The van der Waals surface area contributed by atoms with Gasteiger partial charge in [0.1, 0.15) is 0 Å². The van der Waals surface area contributed by atoms with Gasteiger partial charge < -0.3 is 24.8 Å². The molecule has 2 rings (SSSR count). The summed E-state index contributed by atoms with van der Waals surface area (Å²) in [6, 6.07) is 22.8. The molecule has 0 aliphatic heterocycles. The van der Waals surface area contributed by atoms with Crippen LogP contribution in [0.5, 0.6) is 0 Å². The van der Waals surface area contributed by atoms with Gasteiger partial charge in [-0.3, -0.25) is 0 Å². The SMILES string of the molecule is CC[Si](CC)(CC)c1c[cH-]c(C(C)C)c1.CC[Si](CC)(CC)c1c[cH-]c(C(C)C)c1.C[SiH]C.[Cl-].[Cl-].[Zr+4]. The predicted molar refractivity (Wildman–Crippen MR) is 165 cm³/mol. The Morgan fingerprint density at radius 3 is 0.972 bits per heavy atom. The fourth-order valence-electron chi connectivity index (χ4n) is 5.03. The van der Waals surface area contributed by atoms with E-state index in [1.807, 2.05) is 0 Å². The second kappa shape index (κ2) is 22.6. The van der Waals surface area contributed by atoms with Crippen molar-refractivity contribution in [1.29, 1.82) is 0 Å². The Labute approximate surface area is 263 Å². The largest absolute Gasteiger partial charge is 4.00 e. The molecule has 0 saturated heterocycles. The zero-order chi connectivity index (χ0) is 25.7. The van der Waals surface area contributed by atoms with Gasteiger partial charge in [-0.15, -0.1) is 0 Å². The molecule has 2 aromatic rings. The fourth-order valence-corrected chi connectivity index (χ4v) is 12.3. The third kappa shape index (κ3) is 12.3. The molecule has 0 amide bonds. The maximum absolute atomic E-state index is 2.48. The quantitative estimate of drug-likeness (QED) is 0.271. The Hall–Kier alpha value is 0.814. The molecular formula is C30H57Cl2Si3Zr. The summed E-state index contributed by atoms with van der Waals surface area (Å²) >= 11 is 0. The van der Waals surface area contributed by atoms with Gasteiger partial charge in [-0.1, -0.05) is 119 Å². The number of rotatable bonds is 10. The monoisotopic (exact) mass is 661 g/mol. The van der Waals surface area contributed by atoms with Gasteiger partial charge in [-0.05, 0) is 11.8 Å². The zero-order valence-corrected chi connectivity index (χ0v) is 32.8. The van der Waals surface area contributed by atoms with Crippen molar-refractivity contribution in [2.24, 2.45) is 0 Å². The molecule has 0 unspecified atom stereocenters. The third-order valence-electron chi connectivity index (χ3n) is 8.17. The van der Waals surface area contributed by atoms with Gasteiger partial charge >= 0.3 is 26.2 Å². The molecule has 0 saturated carbocycles. The Kier molecular flexibility index (Phi) is 27.5. The first-order valence-corrected chi connectivity index (χ1v) is 21.4. The number of halogens is 2. The Morgan fingerprint density at radius 2 is 0.833 bits per heavy atom. The second-order valence-corrected chi connectivity index (χ2v) is 22.1. The van der Waals surface area contributed by atoms with E-state index in [2.05, 4.69) is 119 Å². The molecule has 0 nitrogen and oxygen atoms in total. The molecule has 0 aliphatic carbocycles. The number of hydrogen-bond acceptors (Lipinski definition) is 0. The average molecular weight is 664 g/mol. The van der Waals surface area contributed by atoms with Crippen LogP contribution in [0.2, 0.25) is 49.4 Å². The molecule has 2 aromatic carbocycles. The van der Waals surface area contributed by atoms with Gasteiger partial charge in [0.15, 0.2) is 0 Å². The van der Waals surface area contributed by atoms with Crippen molar-refractivity contribution >= 4 is 36.0 Å². The van der Waals surface area contributed by atoms with Crippen LogP contribution >= 0.6 is 0 Å². The number of hydrogen-bond donors (Lipinski definition) is 0. The van der Waals surface area contributed by atoms with Crippen LogP contribution in [0.4, 0.5) is 0 Å². The first kappa shape index (κ1) is 43.9. The van der Waals surface area contributed by atoms with Crippen LogP contribution in [0.25, 0.3) is 0 Å². The molecule has 6 heteroatoms. The smallest absolute Gasteiger partial charge is 1.00 e. The summed E-state index contributed by atoms with van der Waals surface area (Å²) in [6.07, 6.45) is 0. The van der Waals surface area contributed by atoms with E-state index in [0.717, 1.165) is 9.52 Å². The van der Waals surface area contributed by atoms with Gasteiger partial charge in [0.05, 0.1) is 0 Å². The van der Waals surface area contributed by atoms with E-state index in [9.17, 15) is 0 Å². The first-order valence-electron chi connectivity index (χ1n) is 13.9. The van der Waals surface area contributed by atoms with E-state index < -0.39 is 16.1 Å². The zero-order valence-electron chi connectivity index (χ0n) is 25.7. The second-order valence-electron chi connectivity index (χ2n) is 10.4. The van der Waals surface area contributed by atoms with E-state index in [0.29, 0.717) is 11.8 Å². The van der Waals surface area contributed by atoms with Crippen molar-refractivity contribution in [3.63, 3.8) is 0 Å². The fraction of sp³-hybridized carbons (Fsp3) is 0.667. The summed E-state index contributed by atoms with van der Waals surface area (Å²) in [4.78, 5) is 0. The molecule has 0 fully saturated rings. The van der Waals surface area contributed by atoms with Crippen molar-refractivity contribution < 1.29 is 51.0 Å². The maximum Gasteiger partial charge on any atom is 4.00 e. The van der Waals surface area contributed by atoms with Crippen LogP contribution in [0.1, 0.15) is 92.2 Å². The minimum atomic E-state index is -1.12. The molecule has 0 bridgehead atoms. The van der Waals surface area contributed by atoms with Gasteiger partial charge in [0.2, 0.25) is 0 Å². The van der Waals surface area contributed by atoms with Gasteiger partial charge in [-0.2, -0.15) is 35.4 Å². The predicted octanol–water partition coefficient (Wildman–Crippen LogP) is 3.01. The van der Waals surface area contributed by atoms with E-state index in [-0.39, 0.29) is 51.0 Å². The van der Waals surface area contributed by atoms with Crippen molar-refractivity contribution in [3.8, 4) is 0 Å². The molecule has 0 spiro atoms. The standard InChI is InChI=1S/2C14H25Si.C2H7Si.2ClH.Zr/c2*1-6-15(7-2,8-3)14-10-9-13(11-14)12(4)5;1-3-2;;;/h2*9-12H,6-8H2,1-5H3;3H,1-2H3;2*1H;/q2*-1;;;;+4/p-2. The average Bonchev–Trinajstić information content (AvgIpc) is 3.50. The molecule has 207 valence electrons. The molecule has 0 N–H and O–H groups in total. The van der Waals surface area contributed by atoms with E-state index in [4.69, 9.17) is 0 Å². The van der Waals surface area contributed by atoms with Gasteiger partial charge in [0.25, 0.3) is 0 Å². The molecule has 1 radical (unpaired) electrons. The van der Waals surface area contributed by atoms with Crippen LogP contribution in [-0.2, 0) is 26.2 Å². The Morgan fingerprint density at radius 1 is 0.611 bits per heavy atom. The van der Waals surface area contributed by atoms with Gasteiger partial charge in [-0.25, -0.2) is 22.5 Å². The molecule has 0 heterocycles. The maximum atomic E-state index is 2.48. The van der Waals surface area contributed by atoms with Crippen molar-refractivity contribution in [2.75, 3.05) is 0 Å². The molecule has 0 aromatic heterocycles. The van der Waals surface area contributed by atoms with Crippen LogP contribution in [0.3, 0.4) is 0 Å². The topological polar surface area (TPSA) is 0 Å². The molecule has 0 atom stereocenters. The summed E-state index contributed by atoms with van der Waals surface area (Å²) in [5.41, 5.74) is 3.05. The minimum Gasteiger partial charge on any atom is -1.00 e. The summed E-state index contributed by atoms with van der Waals surface area (Å²) in [5, 5.41) is 3.39. The summed E-state index contributed by atoms with van der Waals surface area (Å²) < 4.78 is 0. The van der Waals surface area contributed by atoms with Crippen molar-refractivity contribution in [3.05, 3.63) is 47.5 Å². The first-order chi connectivity index (χ1) is 15.6. The van der Waals surface area contributed by atoms with E-state index in [1.54, 1.807) is 10.4 Å². The van der Waals surface area contributed by atoms with Gasteiger partial charge in [0, 0.05) is 25.7 Å². The summed E-state index contributed by atoms with van der Waals surface area (Å²) in [6.45, 7) is 27.8. The van der Waals surface area contributed by atoms with Crippen LogP contribution in [0.15, 0.2) is 36.4 Å². The summed E-state index contributed by atoms with van der Waals surface area (Å²) in [5.74, 6) is 1.35. The Bertz CT molecular complexity index is 666. The van der Waals surface area contributed by atoms with Crippen LogP contribution < -0.4 is 35.2 Å². The molecular weight excluding hydrogens is 607 g/mol. The van der Waals surface area contributed by atoms with Crippen LogP contribution in [0, 0.1) is 0 Å². The normalized spacial score (nSPS) is 10.8. The van der Waals surface area contributed by atoms with Crippen molar-refractivity contribution in [2.45, 2.75) is 130 Å². The van der Waals surface area contributed by atoms with E-state index in [1.165, 1.54) is 47.4 Å².